The summed E-state index contributed by atoms with van der Waals surface area (Å²) < 4.78 is 5.29. The van der Waals surface area contributed by atoms with Crippen LogP contribution in [0.4, 0.5) is 4.79 Å². The van der Waals surface area contributed by atoms with Crippen molar-refractivity contribution in [2.75, 3.05) is 52.5 Å². The van der Waals surface area contributed by atoms with Gasteiger partial charge in [-0.3, -0.25) is 9.69 Å². The number of piperazine rings is 1. The predicted octanol–water partition coefficient (Wildman–Crippen LogP) is 1.14. The van der Waals surface area contributed by atoms with Gasteiger partial charge < -0.3 is 19.9 Å². The number of ether oxygens (including phenoxy) is 1. The molecular formula is C19H34N4O3. The molecule has 26 heavy (non-hydrogen) atoms. The monoisotopic (exact) mass is 366 g/mol. The summed E-state index contributed by atoms with van der Waals surface area (Å²) in [6.45, 7) is 10.7. The molecular weight excluding hydrogens is 332 g/mol. The summed E-state index contributed by atoms with van der Waals surface area (Å²) >= 11 is 0. The number of carbonyl (C=O) groups excluding carboxylic acids is 2. The van der Waals surface area contributed by atoms with Crippen molar-refractivity contribution >= 4 is 11.9 Å². The van der Waals surface area contributed by atoms with Crippen molar-refractivity contribution in [1.29, 1.82) is 0 Å². The van der Waals surface area contributed by atoms with Crippen molar-refractivity contribution in [2.24, 2.45) is 5.92 Å². The van der Waals surface area contributed by atoms with Gasteiger partial charge in [-0.1, -0.05) is 0 Å². The first kappa shape index (κ1) is 19.4. The van der Waals surface area contributed by atoms with Crippen molar-refractivity contribution in [3.8, 4) is 0 Å². The van der Waals surface area contributed by atoms with E-state index in [0.29, 0.717) is 38.3 Å². The molecule has 0 aromatic carbocycles. The lowest BCUT2D eigenvalue weighted by Gasteiger charge is -2.39. The van der Waals surface area contributed by atoms with Crippen LogP contribution in [0.15, 0.2) is 0 Å². The SMILES string of the molecule is CC(C)N1CCN(C(=O)[C@H]2CC[C@H](NC(=O)N3CCOCC3)CC2)CC1. The third-order valence-electron chi connectivity index (χ3n) is 6.06. The van der Waals surface area contributed by atoms with Gasteiger partial charge in [0, 0.05) is 57.3 Å². The number of rotatable bonds is 3. The van der Waals surface area contributed by atoms with Crippen LogP contribution in [-0.2, 0) is 9.53 Å². The van der Waals surface area contributed by atoms with Crippen LogP contribution in [0, 0.1) is 5.92 Å². The summed E-state index contributed by atoms with van der Waals surface area (Å²) in [5.41, 5.74) is 0. The second-order valence-electron chi connectivity index (χ2n) is 8.05. The van der Waals surface area contributed by atoms with E-state index in [4.69, 9.17) is 4.74 Å². The molecule has 1 saturated carbocycles. The molecule has 7 nitrogen and oxygen atoms in total. The highest BCUT2D eigenvalue weighted by atomic mass is 16.5. The van der Waals surface area contributed by atoms with E-state index < -0.39 is 0 Å². The maximum absolute atomic E-state index is 12.8. The van der Waals surface area contributed by atoms with Crippen LogP contribution in [0.5, 0.6) is 0 Å². The zero-order valence-corrected chi connectivity index (χ0v) is 16.3. The molecule has 0 spiro atoms. The molecule has 7 heteroatoms. The smallest absolute Gasteiger partial charge is 0.317 e. The van der Waals surface area contributed by atoms with E-state index in [0.717, 1.165) is 51.9 Å². The van der Waals surface area contributed by atoms with E-state index in [9.17, 15) is 9.59 Å². The van der Waals surface area contributed by atoms with E-state index in [-0.39, 0.29) is 18.0 Å². The molecule has 0 aromatic rings. The summed E-state index contributed by atoms with van der Waals surface area (Å²) in [6.07, 6.45) is 3.57. The Bertz CT molecular complexity index is 477. The molecule has 0 unspecified atom stereocenters. The van der Waals surface area contributed by atoms with Gasteiger partial charge in [-0.25, -0.2) is 4.79 Å². The molecule has 2 saturated heterocycles. The molecule has 3 fully saturated rings. The first-order chi connectivity index (χ1) is 12.5. The fourth-order valence-electron chi connectivity index (χ4n) is 4.23. The Morgan fingerprint density at radius 3 is 2.08 bits per heavy atom. The molecule has 3 rings (SSSR count). The minimum atomic E-state index is 0.0212. The number of urea groups is 1. The quantitative estimate of drug-likeness (QED) is 0.814. The number of amides is 3. The summed E-state index contributed by atoms with van der Waals surface area (Å²) in [4.78, 5) is 31.4. The minimum Gasteiger partial charge on any atom is -0.378 e. The highest BCUT2D eigenvalue weighted by Crippen LogP contribution is 2.27. The Morgan fingerprint density at radius 1 is 0.885 bits per heavy atom. The first-order valence-electron chi connectivity index (χ1n) is 10.2. The Kier molecular flexibility index (Phi) is 6.75. The predicted molar refractivity (Wildman–Crippen MR) is 100.0 cm³/mol. The van der Waals surface area contributed by atoms with Crippen molar-refractivity contribution in [3.05, 3.63) is 0 Å². The summed E-state index contributed by atoms with van der Waals surface area (Å²) in [5.74, 6) is 0.462. The molecule has 0 bridgehead atoms. The number of carbonyl (C=O) groups is 2. The van der Waals surface area contributed by atoms with Crippen LogP contribution in [0.1, 0.15) is 39.5 Å². The largest absolute Gasteiger partial charge is 0.378 e. The standard InChI is InChI=1S/C19H34N4O3/c1-15(2)21-7-9-22(10-8-21)18(24)16-3-5-17(6-4-16)20-19(25)23-11-13-26-14-12-23/h15-17H,3-14H2,1-2H3,(H,20,25)/t16-,17-. The Labute approximate surface area is 157 Å². The maximum Gasteiger partial charge on any atom is 0.317 e. The second kappa shape index (κ2) is 9.04. The lowest BCUT2D eigenvalue weighted by atomic mass is 9.85. The third kappa shape index (κ3) is 4.88. The van der Waals surface area contributed by atoms with Crippen LogP contribution < -0.4 is 5.32 Å². The highest BCUT2D eigenvalue weighted by Gasteiger charge is 2.32. The van der Waals surface area contributed by atoms with Crippen LogP contribution >= 0.6 is 0 Å². The lowest BCUT2D eigenvalue weighted by Crippen LogP contribution is -2.53. The van der Waals surface area contributed by atoms with Crippen molar-refractivity contribution in [3.63, 3.8) is 0 Å². The van der Waals surface area contributed by atoms with Gasteiger partial charge in [-0.05, 0) is 39.5 Å². The van der Waals surface area contributed by atoms with Gasteiger partial charge in [0.05, 0.1) is 13.2 Å². The molecule has 3 aliphatic rings. The summed E-state index contributed by atoms with van der Waals surface area (Å²) in [7, 11) is 0. The van der Waals surface area contributed by atoms with E-state index in [1.54, 1.807) is 0 Å². The zero-order chi connectivity index (χ0) is 18.5. The fraction of sp³-hybridized carbons (Fsp3) is 0.895. The first-order valence-corrected chi connectivity index (χ1v) is 10.2. The molecule has 0 aromatic heterocycles. The molecule has 2 heterocycles. The molecule has 3 amide bonds. The minimum absolute atomic E-state index is 0.0212. The van der Waals surface area contributed by atoms with Crippen LogP contribution in [-0.4, -0.2) is 91.2 Å². The van der Waals surface area contributed by atoms with Gasteiger partial charge in [-0.15, -0.1) is 0 Å². The Morgan fingerprint density at radius 2 is 1.50 bits per heavy atom. The number of morpholine rings is 1. The topological polar surface area (TPSA) is 65.1 Å². The van der Waals surface area contributed by atoms with Crippen molar-refractivity contribution in [2.45, 2.75) is 51.6 Å². The van der Waals surface area contributed by atoms with Gasteiger partial charge >= 0.3 is 6.03 Å². The van der Waals surface area contributed by atoms with Crippen LogP contribution in [0.2, 0.25) is 0 Å². The van der Waals surface area contributed by atoms with E-state index in [1.807, 2.05) is 4.90 Å². The molecule has 1 N–H and O–H groups in total. The van der Waals surface area contributed by atoms with Crippen LogP contribution in [0.3, 0.4) is 0 Å². The molecule has 0 atom stereocenters. The van der Waals surface area contributed by atoms with E-state index >= 15 is 0 Å². The third-order valence-corrected chi connectivity index (χ3v) is 6.06. The van der Waals surface area contributed by atoms with Gasteiger partial charge in [0.2, 0.25) is 5.91 Å². The van der Waals surface area contributed by atoms with Crippen molar-refractivity contribution < 1.29 is 14.3 Å². The van der Waals surface area contributed by atoms with Gasteiger partial charge in [-0.2, -0.15) is 0 Å². The van der Waals surface area contributed by atoms with Crippen LogP contribution in [0.25, 0.3) is 0 Å². The Balaban J connectivity index is 1.39. The van der Waals surface area contributed by atoms with E-state index in [2.05, 4.69) is 29.0 Å². The fourth-order valence-corrected chi connectivity index (χ4v) is 4.23. The number of nitrogens with one attached hydrogen (secondary N) is 1. The lowest BCUT2D eigenvalue weighted by molar-refractivity contribution is -0.138. The molecule has 0 radical (unpaired) electrons. The average Bonchev–Trinajstić information content (AvgIpc) is 2.69. The zero-order valence-electron chi connectivity index (χ0n) is 16.3. The second-order valence-corrected chi connectivity index (χ2v) is 8.05. The molecule has 1 aliphatic carbocycles. The summed E-state index contributed by atoms with van der Waals surface area (Å²) in [5, 5.41) is 3.15. The molecule has 148 valence electrons. The van der Waals surface area contributed by atoms with Gasteiger partial charge in [0.25, 0.3) is 0 Å². The van der Waals surface area contributed by atoms with Gasteiger partial charge in [0.1, 0.15) is 0 Å². The van der Waals surface area contributed by atoms with E-state index in [1.165, 1.54) is 0 Å². The average molecular weight is 367 g/mol. The highest BCUT2D eigenvalue weighted by molar-refractivity contribution is 5.79. The molecule has 2 aliphatic heterocycles. The summed E-state index contributed by atoms with van der Waals surface area (Å²) in [6, 6.07) is 0.776. The Hall–Kier alpha value is -1.34. The number of nitrogens with zero attached hydrogens (tertiary/aromatic N) is 3. The number of hydrogen-bond acceptors (Lipinski definition) is 4. The maximum atomic E-state index is 12.8. The van der Waals surface area contributed by atoms with Gasteiger partial charge in [0.15, 0.2) is 0 Å². The normalized spacial score (nSPS) is 28.3. The number of hydrogen-bond donors (Lipinski definition) is 1. The van der Waals surface area contributed by atoms with Crippen molar-refractivity contribution in [1.82, 2.24) is 20.0 Å².